The van der Waals surface area contributed by atoms with Crippen LogP contribution in [-0.2, 0) is 0 Å². The normalized spacial score (nSPS) is 17.4. The first-order chi connectivity index (χ1) is 8.34. The van der Waals surface area contributed by atoms with Gasteiger partial charge in [0.2, 0.25) is 0 Å². The number of fused-ring (bicyclic) bond motifs is 1. The molecule has 1 aromatic carbocycles. The van der Waals surface area contributed by atoms with Crippen molar-refractivity contribution in [2.45, 2.75) is 18.8 Å². The minimum Gasteiger partial charge on any atom is -0.461 e. The van der Waals surface area contributed by atoms with Gasteiger partial charge in [0.25, 0.3) is 0 Å². The first-order valence-electron chi connectivity index (χ1n) is 6.08. The zero-order valence-corrected chi connectivity index (χ0v) is 9.61. The van der Waals surface area contributed by atoms with Gasteiger partial charge in [-0.05, 0) is 38.1 Å². The number of para-hydroxylation sites is 1. The zero-order valence-electron chi connectivity index (χ0n) is 9.61. The van der Waals surface area contributed by atoms with E-state index in [4.69, 9.17) is 4.42 Å². The Morgan fingerprint density at radius 3 is 2.76 bits per heavy atom. The fourth-order valence-electron chi connectivity index (χ4n) is 2.43. The van der Waals surface area contributed by atoms with Crippen molar-refractivity contribution in [3.05, 3.63) is 46.3 Å². The fourth-order valence-corrected chi connectivity index (χ4v) is 2.43. The number of hydrogen-bond donors (Lipinski definition) is 1. The molecular weight excluding hydrogens is 214 g/mol. The van der Waals surface area contributed by atoms with Crippen LogP contribution in [0.25, 0.3) is 11.0 Å². The third-order valence-electron chi connectivity index (χ3n) is 3.40. The summed E-state index contributed by atoms with van der Waals surface area (Å²) in [7, 11) is 0. The van der Waals surface area contributed by atoms with Crippen molar-refractivity contribution in [1.29, 1.82) is 0 Å². The van der Waals surface area contributed by atoms with E-state index in [0.717, 1.165) is 31.7 Å². The molecule has 1 fully saturated rings. The van der Waals surface area contributed by atoms with Crippen LogP contribution in [0, 0.1) is 0 Å². The highest BCUT2D eigenvalue weighted by atomic mass is 16.3. The molecule has 2 heterocycles. The lowest BCUT2D eigenvalue weighted by Crippen LogP contribution is -2.27. The van der Waals surface area contributed by atoms with Crippen molar-refractivity contribution >= 4 is 11.0 Å². The molecule has 1 saturated heterocycles. The summed E-state index contributed by atoms with van der Waals surface area (Å²) < 4.78 is 5.85. The van der Waals surface area contributed by atoms with Crippen molar-refractivity contribution in [3.63, 3.8) is 0 Å². The first kappa shape index (κ1) is 10.5. The molecule has 0 radical (unpaired) electrons. The fraction of sp³-hybridized carbons (Fsp3) is 0.357. The molecule has 88 valence electrons. The summed E-state index contributed by atoms with van der Waals surface area (Å²) >= 11 is 0. The van der Waals surface area contributed by atoms with E-state index in [1.807, 2.05) is 24.3 Å². The van der Waals surface area contributed by atoms with Crippen LogP contribution in [-0.4, -0.2) is 13.1 Å². The van der Waals surface area contributed by atoms with Gasteiger partial charge in [0.05, 0.1) is 5.39 Å². The number of hydrogen-bond acceptors (Lipinski definition) is 3. The molecule has 3 heteroatoms. The highest BCUT2D eigenvalue weighted by Crippen LogP contribution is 2.26. The molecule has 1 aliphatic rings. The molecule has 3 nitrogen and oxygen atoms in total. The molecule has 0 aliphatic carbocycles. The topological polar surface area (TPSA) is 42.2 Å². The van der Waals surface area contributed by atoms with Gasteiger partial charge in [0.1, 0.15) is 11.3 Å². The minimum absolute atomic E-state index is 0.0698. The second kappa shape index (κ2) is 4.34. The quantitative estimate of drug-likeness (QED) is 0.815. The van der Waals surface area contributed by atoms with Gasteiger partial charge >= 0.3 is 0 Å². The second-order valence-corrected chi connectivity index (χ2v) is 4.53. The Labute approximate surface area is 99.4 Å². The van der Waals surface area contributed by atoms with E-state index < -0.39 is 0 Å². The van der Waals surface area contributed by atoms with Crippen molar-refractivity contribution in [3.8, 4) is 0 Å². The molecule has 2 aromatic rings. The van der Waals surface area contributed by atoms with Crippen LogP contribution < -0.4 is 10.7 Å². The Kier molecular flexibility index (Phi) is 2.69. The SMILES string of the molecule is O=c1cc(C2CCNCC2)oc2ccccc12. The molecule has 0 unspecified atom stereocenters. The lowest BCUT2D eigenvalue weighted by atomic mass is 9.95. The average Bonchev–Trinajstić information content (AvgIpc) is 2.40. The van der Waals surface area contributed by atoms with Crippen LogP contribution in [0.1, 0.15) is 24.5 Å². The molecule has 0 amide bonds. The average molecular weight is 229 g/mol. The highest BCUT2D eigenvalue weighted by Gasteiger charge is 2.18. The second-order valence-electron chi connectivity index (χ2n) is 4.53. The summed E-state index contributed by atoms with van der Waals surface area (Å²) in [6, 6.07) is 9.11. The van der Waals surface area contributed by atoms with E-state index in [9.17, 15) is 4.79 Å². The van der Waals surface area contributed by atoms with Gasteiger partial charge in [-0.15, -0.1) is 0 Å². The maximum Gasteiger partial charge on any atom is 0.192 e. The molecule has 1 aliphatic heterocycles. The summed E-state index contributed by atoms with van der Waals surface area (Å²) in [5, 5.41) is 3.99. The van der Waals surface area contributed by atoms with Gasteiger partial charge in [-0.2, -0.15) is 0 Å². The van der Waals surface area contributed by atoms with Crippen LogP contribution in [0.5, 0.6) is 0 Å². The summed E-state index contributed by atoms with van der Waals surface area (Å²) in [6.07, 6.45) is 2.09. The first-order valence-corrected chi connectivity index (χ1v) is 6.08. The molecule has 0 spiro atoms. The van der Waals surface area contributed by atoms with Crippen molar-refractivity contribution in [2.75, 3.05) is 13.1 Å². The molecule has 0 saturated carbocycles. The van der Waals surface area contributed by atoms with E-state index in [1.165, 1.54) is 0 Å². The third kappa shape index (κ3) is 1.98. The predicted molar refractivity (Wildman–Crippen MR) is 67.3 cm³/mol. The number of benzene rings is 1. The lowest BCUT2D eigenvalue weighted by Gasteiger charge is -2.21. The molecule has 1 aromatic heterocycles. The molecule has 1 N–H and O–H groups in total. The van der Waals surface area contributed by atoms with Crippen LogP contribution >= 0.6 is 0 Å². The predicted octanol–water partition coefficient (Wildman–Crippen LogP) is 2.26. The molecule has 17 heavy (non-hydrogen) atoms. The van der Waals surface area contributed by atoms with Crippen LogP contribution in [0.15, 0.2) is 39.5 Å². The van der Waals surface area contributed by atoms with Gasteiger partial charge in [-0.3, -0.25) is 4.79 Å². The van der Waals surface area contributed by atoms with E-state index >= 15 is 0 Å². The third-order valence-corrected chi connectivity index (χ3v) is 3.40. The largest absolute Gasteiger partial charge is 0.461 e. The Hall–Kier alpha value is -1.61. The lowest BCUT2D eigenvalue weighted by molar-refractivity contribution is 0.392. The summed E-state index contributed by atoms with van der Waals surface area (Å²) in [5.74, 6) is 1.23. The van der Waals surface area contributed by atoms with Gasteiger partial charge in [-0.1, -0.05) is 12.1 Å². The minimum atomic E-state index is 0.0698. The standard InChI is InChI=1S/C14H15NO2/c16-12-9-14(10-5-7-15-8-6-10)17-13-4-2-1-3-11(12)13/h1-4,9-10,15H,5-8H2. The van der Waals surface area contributed by atoms with E-state index in [-0.39, 0.29) is 5.43 Å². The van der Waals surface area contributed by atoms with E-state index in [2.05, 4.69) is 5.32 Å². The summed E-state index contributed by atoms with van der Waals surface area (Å²) in [5.41, 5.74) is 0.772. The zero-order chi connectivity index (χ0) is 11.7. The van der Waals surface area contributed by atoms with Crippen LogP contribution in [0.3, 0.4) is 0 Å². The number of piperidine rings is 1. The van der Waals surface area contributed by atoms with Gasteiger partial charge in [-0.25, -0.2) is 0 Å². The van der Waals surface area contributed by atoms with Crippen molar-refractivity contribution < 1.29 is 4.42 Å². The maximum atomic E-state index is 12.0. The summed E-state index contributed by atoms with van der Waals surface area (Å²) in [6.45, 7) is 2.00. The van der Waals surface area contributed by atoms with Crippen LogP contribution in [0.2, 0.25) is 0 Å². The Balaban J connectivity index is 2.08. The number of rotatable bonds is 1. The highest BCUT2D eigenvalue weighted by molar-refractivity contribution is 5.76. The molecule has 3 rings (SSSR count). The summed E-state index contributed by atoms with van der Waals surface area (Å²) in [4.78, 5) is 12.0. The van der Waals surface area contributed by atoms with Crippen LogP contribution in [0.4, 0.5) is 0 Å². The smallest absolute Gasteiger partial charge is 0.192 e. The van der Waals surface area contributed by atoms with Crippen molar-refractivity contribution in [1.82, 2.24) is 5.32 Å². The number of nitrogens with one attached hydrogen (secondary N) is 1. The monoisotopic (exact) mass is 229 g/mol. The Bertz CT molecular complexity index is 582. The van der Waals surface area contributed by atoms with Gasteiger partial charge in [0.15, 0.2) is 5.43 Å². The molecular formula is C14H15NO2. The van der Waals surface area contributed by atoms with E-state index in [1.54, 1.807) is 6.07 Å². The molecule has 0 atom stereocenters. The van der Waals surface area contributed by atoms with Gasteiger partial charge in [0, 0.05) is 12.0 Å². The van der Waals surface area contributed by atoms with Crippen molar-refractivity contribution in [2.24, 2.45) is 0 Å². The Morgan fingerprint density at radius 1 is 1.18 bits per heavy atom. The van der Waals surface area contributed by atoms with E-state index in [0.29, 0.717) is 16.9 Å². The maximum absolute atomic E-state index is 12.0. The molecule has 0 bridgehead atoms. The Morgan fingerprint density at radius 2 is 1.94 bits per heavy atom. The van der Waals surface area contributed by atoms with Gasteiger partial charge < -0.3 is 9.73 Å².